The first kappa shape index (κ1) is 21.9. The van der Waals surface area contributed by atoms with E-state index in [2.05, 4.69) is 10.3 Å². The number of hydrogen-bond acceptors (Lipinski definition) is 3. The maximum atomic E-state index is 12.5. The van der Waals surface area contributed by atoms with Crippen molar-refractivity contribution in [1.82, 2.24) is 15.2 Å². The number of aromatic nitrogens is 1. The molecule has 1 aliphatic rings. The molecule has 1 amide bonds. The van der Waals surface area contributed by atoms with Gasteiger partial charge >= 0.3 is 6.18 Å². The number of nitrogens with zero attached hydrogens (tertiary/aromatic N) is 2. The Labute approximate surface area is 145 Å². The van der Waals surface area contributed by atoms with Crippen LogP contribution in [0, 0.1) is 0 Å². The molecule has 132 valence electrons. The Balaban J connectivity index is 0.00000242. The molecule has 1 atom stereocenters. The van der Waals surface area contributed by atoms with E-state index < -0.39 is 11.7 Å². The highest BCUT2D eigenvalue weighted by Crippen LogP contribution is 2.28. The van der Waals surface area contributed by atoms with Crippen LogP contribution in [0.1, 0.15) is 35.8 Å². The highest BCUT2D eigenvalue weighted by atomic mass is 35.5. The minimum atomic E-state index is -4.44. The van der Waals surface area contributed by atoms with Crippen molar-refractivity contribution in [2.75, 3.05) is 19.6 Å². The van der Waals surface area contributed by atoms with Crippen LogP contribution in [0.15, 0.2) is 18.3 Å². The molecular formula is C14H20Cl2F3N3O. The van der Waals surface area contributed by atoms with Gasteiger partial charge in [0.05, 0.1) is 5.56 Å². The first-order valence-electron chi connectivity index (χ1n) is 6.98. The van der Waals surface area contributed by atoms with Crippen LogP contribution in [0.3, 0.4) is 0 Å². The minimum absolute atomic E-state index is 0. The highest BCUT2D eigenvalue weighted by Gasteiger charge is 2.32. The van der Waals surface area contributed by atoms with Gasteiger partial charge in [-0.3, -0.25) is 9.78 Å². The Morgan fingerprint density at radius 1 is 1.39 bits per heavy atom. The Kier molecular flexibility index (Phi) is 8.87. The summed E-state index contributed by atoms with van der Waals surface area (Å²) in [6.45, 7) is 4.10. The van der Waals surface area contributed by atoms with Crippen molar-refractivity contribution < 1.29 is 18.0 Å². The van der Waals surface area contributed by atoms with Crippen LogP contribution in [0.4, 0.5) is 13.2 Å². The van der Waals surface area contributed by atoms with Crippen molar-refractivity contribution in [2.45, 2.75) is 32.0 Å². The fourth-order valence-electron chi connectivity index (χ4n) is 2.43. The largest absolute Gasteiger partial charge is 0.417 e. The van der Waals surface area contributed by atoms with Crippen molar-refractivity contribution in [1.29, 1.82) is 0 Å². The molecule has 1 aromatic heterocycles. The molecule has 9 heteroatoms. The summed E-state index contributed by atoms with van der Waals surface area (Å²) in [5.41, 5.74) is -0.785. The van der Waals surface area contributed by atoms with Crippen LogP contribution in [0.5, 0.6) is 0 Å². The normalized spacial score (nSPS) is 17.1. The topological polar surface area (TPSA) is 45.2 Å². The van der Waals surface area contributed by atoms with Gasteiger partial charge in [0.25, 0.3) is 5.91 Å². The molecule has 0 bridgehead atoms. The average molecular weight is 374 g/mol. The van der Waals surface area contributed by atoms with Gasteiger partial charge in [-0.1, -0.05) is 6.92 Å². The van der Waals surface area contributed by atoms with Gasteiger partial charge in [-0.15, -0.1) is 24.8 Å². The third kappa shape index (κ3) is 5.51. The second kappa shape index (κ2) is 9.30. The zero-order chi connectivity index (χ0) is 15.5. The summed E-state index contributed by atoms with van der Waals surface area (Å²) in [4.78, 5) is 17.8. The van der Waals surface area contributed by atoms with Crippen LogP contribution < -0.4 is 5.32 Å². The van der Waals surface area contributed by atoms with Crippen LogP contribution in [0.25, 0.3) is 0 Å². The molecule has 1 saturated heterocycles. The van der Waals surface area contributed by atoms with Gasteiger partial charge in [0, 0.05) is 25.3 Å². The Hall–Kier alpha value is -1.05. The summed E-state index contributed by atoms with van der Waals surface area (Å²) in [5, 5.41) is 3.18. The number of rotatable bonds is 4. The molecule has 1 aromatic rings. The predicted octanol–water partition coefficient (Wildman–Crippen LogP) is 3.16. The van der Waals surface area contributed by atoms with E-state index in [1.165, 1.54) is 0 Å². The molecule has 0 radical (unpaired) electrons. The third-order valence-electron chi connectivity index (χ3n) is 3.51. The standard InChI is InChI=1S/C14H18F3N3O.2ClH/c1-2-7-20(11-5-6-18-9-11)13(21)12-4-3-10(8-19-12)14(15,16)17;;/h3-4,8,11,18H,2,5-7,9H2,1H3;2*1H. The molecule has 1 unspecified atom stereocenters. The number of hydrogen-bond donors (Lipinski definition) is 1. The molecular weight excluding hydrogens is 354 g/mol. The van der Waals surface area contributed by atoms with E-state index in [4.69, 9.17) is 0 Å². The molecule has 0 spiro atoms. The van der Waals surface area contributed by atoms with Crippen molar-refractivity contribution in [3.05, 3.63) is 29.6 Å². The van der Waals surface area contributed by atoms with Gasteiger partial charge in [0.2, 0.25) is 0 Å². The Bertz CT molecular complexity index is 491. The van der Waals surface area contributed by atoms with E-state index in [0.717, 1.165) is 31.5 Å². The van der Waals surface area contributed by atoms with Gasteiger partial charge in [0.1, 0.15) is 5.69 Å². The molecule has 1 N–H and O–H groups in total. The molecule has 0 saturated carbocycles. The van der Waals surface area contributed by atoms with E-state index >= 15 is 0 Å². The average Bonchev–Trinajstić information content (AvgIpc) is 2.97. The van der Waals surface area contributed by atoms with Crippen molar-refractivity contribution in [3.63, 3.8) is 0 Å². The maximum absolute atomic E-state index is 12.5. The highest BCUT2D eigenvalue weighted by molar-refractivity contribution is 5.92. The maximum Gasteiger partial charge on any atom is 0.417 e. The fourth-order valence-corrected chi connectivity index (χ4v) is 2.43. The van der Waals surface area contributed by atoms with Crippen LogP contribution in [-0.4, -0.2) is 41.5 Å². The lowest BCUT2D eigenvalue weighted by atomic mass is 10.1. The van der Waals surface area contributed by atoms with Crippen molar-refractivity contribution in [2.24, 2.45) is 0 Å². The van der Waals surface area contributed by atoms with Gasteiger partial charge in [-0.25, -0.2) is 0 Å². The second-order valence-corrected chi connectivity index (χ2v) is 5.08. The first-order valence-corrected chi connectivity index (χ1v) is 6.98. The molecule has 1 fully saturated rings. The quantitative estimate of drug-likeness (QED) is 0.881. The predicted molar refractivity (Wildman–Crippen MR) is 86.3 cm³/mol. The number of pyridine rings is 1. The van der Waals surface area contributed by atoms with Crippen molar-refractivity contribution >= 4 is 30.7 Å². The van der Waals surface area contributed by atoms with Crippen LogP contribution >= 0.6 is 24.8 Å². The molecule has 1 aliphatic heterocycles. The monoisotopic (exact) mass is 373 g/mol. The van der Waals surface area contributed by atoms with Gasteiger partial charge in [-0.2, -0.15) is 13.2 Å². The van der Waals surface area contributed by atoms with E-state index in [1.54, 1.807) is 4.90 Å². The first-order chi connectivity index (χ1) is 9.93. The summed E-state index contributed by atoms with van der Waals surface area (Å²) in [6.07, 6.45) is -2.08. The van der Waals surface area contributed by atoms with E-state index in [1.807, 2.05) is 6.92 Å². The van der Waals surface area contributed by atoms with Gasteiger partial charge < -0.3 is 10.2 Å². The number of alkyl halides is 3. The van der Waals surface area contributed by atoms with E-state index in [9.17, 15) is 18.0 Å². The number of carbonyl (C=O) groups excluding carboxylic acids is 1. The summed E-state index contributed by atoms with van der Waals surface area (Å²) in [6, 6.07) is 2.13. The minimum Gasteiger partial charge on any atom is -0.333 e. The molecule has 23 heavy (non-hydrogen) atoms. The summed E-state index contributed by atoms with van der Waals surface area (Å²) in [5.74, 6) is -0.306. The molecule has 0 aliphatic carbocycles. The molecule has 2 heterocycles. The Morgan fingerprint density at radius 3 is 2.52 bits per heavy atom. The summed E-state index contributed by atoms with van der Waals surface area (Å²) >= 11 is 0. The summed E-state index contributed by atoms with van der Waals surface area (Å²) < 4.78 is 37.5. The lowest BCUT2D eigenvalue weighted by molar-refractivity contribution is -0.137. The second-order valence-electron chi connectivity index (χ2n) is 5.08. The fraction of sp³-hybridized carbons (Fsp3) is 0.571. The number of nitrogens with one attached hydrogen (secondary N) is 1. The molecule has 2 rings (SSSR count). The molecule has 4 nitrogen and oxygen atoms in total. The number of amides is 1. The summed E-state index contributed by atoms with van der Waals surface area (Å²) in [7, 11) is 0. The van der Waals surface area contributed by atoms with Crippen molar-refractivity contribution in [3.8, 4) is 0 Å². The zero-order valence-corrected chi connectivity index (χ0v) is 14.2. The Morgan fingerprint density at radius 2 is 2.09 bits per heavy atom. The number of halogens is 5. The van der Waals surface area contributed by atoms with E-state index in [-0.39, 0.29) is 42.5 Å². The lowest BCUT2D eigenvalue weighted by Gasteiger charge is -2.28. The van der Waals surface area contributed by atoms with Gasteiger partial charge in [0.15, 0.2) is 0 Å². The van der Waals surface area contributed by atoms with Crippen LogP contribution in [0.2, 0.25) is 0 Å². The van der Waals surface area contributed by atoms with Gasteiger partial charge in [-0.05, 0) is 31.5 Å². The lowest BCUT2D eigenvalue weighted by Crippen LogP contribution is -2.42. The molecule has 0 aromatic carbocycles. The zero-order valence-electron chi connectivity index (χ0n) is 12.6. The smallest absolute Gasteiger partial charge is 0.333 e. The van der Waals surface area contributed by atoms with Crippen LogP contribution in [-0.2, 0) is 6.18 Å². The SMILES string of the molecule is CCCN(C(=O)c1ccc(C(F)(F)F)cn1)C1CCNC1.Cl.Cl. The number of carbonyl (C=O) groups is 1. The third-order valence-corrected chi connectivity index (χ3v) is 3.51. The van der Waals surface area contributed by atoms with E-state index in [0.29, 0.717) is 19.3 Å².